The van der Waals surface area contributed by atoms with Gasteiger partial charge in [0.25, 0.3) is 0 Å². The van der Waals surface area contributed by atoms with Crippen LogP contribution in [0.5, 0.6) is 0 Å². The van der Waals surface area contributed by atoms with Gasteiger partial charge in [-0.3, -0.25) is 0 Å². The second-order valence-electron chi connectivity index (χ2n) is 4.39. The summed E-state index contributed by atoms with van der Waals surface area (Å²) in [6.45, 7) is 2.20. The molecule has 2 aromatic carbocycles. The van der Waals surface area contributed by atoms with Crippen molar-refractivity contribution in [3.63, 3.8) is 0 Å². The van der Waals surface area contributed by atoms with Gasteiger partial charge in [-0.25, -0.2) is 0 Å². The maximum absolute atomic E-state index is 4.64. The van der Waals surface area contributed by atoms with E-state index in [1.807, 2.05) is 0 Å². The molecule has 0 bridgehead atoms. The molecule has 3 rings (SSSR count). The Morgan fingerprint density at radius 2 is 1.68 bits per heavy atom. The van der Waals surface area contributed by atoms with Crippen molar-refractivity contribution in [3.8, 4) is 11.1 Å². The Labute approximate surface area is 130 Å². The Hall–Kier alpha value is -0.816. The zero-order valence-electron chi connectivity index (χ0n) is 10.9. The Kier molecular flexibility index (Phi) is 5.45. The van der Waals surface area contributed by atoms with Crippen molar-refractivity contribution in [3.05, 3.63) is 71.7 Å². The molecule has 1 radical (unpaired) electrons. The molecular weight excluding hydrogens is 288 g/mol. The van der Waals surface area contributed by atoms with Crippen molar-refractivity contribution in [1.29, 1.82) is 0 Å². The third-order valence-corrected chi connectivity index (χ3v) is 3.30. The molecule has 0 unspecified atom stereocenters. The first-order valence-electron chi connectivity index (χ1n) is 6.31. The van der Waals surface area contributed by atoms with Gasteiger partial charge < -0.3 is 0 Å². The van der Waals surface area contributed by atoms with Crippen LogP contribution in [-0.2, 0) is 19.4 Å². The van der Waals surface area contributed by atoms with Crippen molar-refractivity contribution >= 4 is 15.4 Å². The van der Waals surface area contributed by atoms with Crippen LogP contribution in [0.1, 0.15) is 24.5 Å². The summed E-state index contributed by atoms with van der Waals surface area (Å²) in [7, 11) is 4.64. The summed E-state index contributed by atoms with van der Waals surface area (Å²) in [6, 6.07) is 17.1. The monoisotopic (exact) mass is 302 g/mol. The molecule has 2 aromatic rings. The van der Waals surface area contributed by atoms with Gasteiger partial charge in [0.1, 0.15) is 0 Å². The Bertz CT molecular complexity index is 573. The molecular formula is C17H15ClTi. The van der Waals surface area contributed by atoms with Crippen LogP contribution in [0.2, 0.25) is 0 Å². The summed E-state index contributed by atoms with van der Waals surface area (Å²) in [5.41, 5.74) is 6.77. The van der Waals surface area contributed by atoms with Crippen molar-refractivity contribution in [1.82, 2.24) is 0 Å². The minimum atomic E-state index is 1.10. The quantitative estimate of drug-likeness (QED) is 0.652. The van der Waals surface area contributed by atoms with Gasteiger partial charge in [-0.1, -0.05) is 67.1 Å². The standard InChI is InChI=1S/C17H15.ClH.Ti/c1-2-13-11-15-9-6-10-16(17(15)12-13)14-7-4-3-5-8-14;;/h3-12H,2H2,1H3;1H;/q;;+1/p-1. The summed E-state index contributed by atoms with van der Waals surface area (Å²) < 4.78 is 0. The zero-order chi connectivity index (χ0) is 13.7. The van der Waals surface area contributed by atoms with Gasteiger partial charge in [0, 0.05) is 6.42 Å². The number of hydrogen-bond donors (Lipinski definition) is 0. The van der Waals surface area contributed by atoms with Crippen LogP contribution < -0.4 is 0 Å². The molecule has 0 nitrogen and oxygen atoms in total. The van der Waals surface area contributed by atoms with E-state index in [0.717, 1.165) is 6.42 Å². The Morgan fingerprint density at radius 3 is 2.37 bits per heavy atom. The first kappa shape index (κ1) is 14.6. The predicted octanol–water partition coefficient (Wildman–Crippen LogP) is 5.40. The molecule has 1 aliphatic carbocycles. The van der Waals surface area contributed by atoms with Gasteiger partial charge in [-0.2, -0.15) is 0 Å². The summed E-state index contributed by atoms with van der Waals surface area (Å²) in [5, 5.41) is 0. The van der Waals surface area contributed by atoms with Crippen LogP contribution >= 0.6 is 9.30 Å². The predicted molar refractivity (Wildman–Crippen MR) is 79.4 cm³/mol. The minimum absolute atomic E-state index is 1.10. The van der Waals surface area contributed by atoms with Crippen molar-refractivity contribution in [2.75, 3.05) is 0 Å². The molecule has 2 heteroatoms. The third kappa shape index (κ3) is 3.20. The molecule has 0 saturated carbocycles. The number of hydrogen-bond acceptors (Lipinski definition) is 0. The van der Waals surface area contributed by atoms with Gasteiger partial charge in [0.05, 0.1) is 0 Å². The molecule has 0 heterocycles. The van der Waals surface area contributed by atoms with E-state index >= 15 is 0 Å². The van der Waals surface area contributed by atoms with E-state index < -0.39 is 0 Å². The number of fused-ring (bicyclic) bond motifs is 1. The molecule has 0 aromatic heterocycles. The van der Waals surface area contributed by atoms with E-state index in [1.165, 1.54) is 47.2 Å². The molecule has 0 amide bonds. The first-order valence-corrected chi connectivity index (χ1v) is 8.46. The van der Waals surface area contributed by atoms with E-state index in [9.17, 15) is 0 Å². The average Bonchev–Trinajstić information content (AvgIpc) is 2.93. The summed E-state index contributed by atoms with van der Waals surface area (Å²) in [4.78, 5) is 0. The fraction of sp³-hybridized carbons (Fsp3) is 0.118. The summed E-state index contributed by atoms with van der Waals surface area (Å²) >= 11 is 1.47. The SMILES string of the molecule is CCC1=Cc2c(cccc2-c2ccccc2)[CH]1.[Cl][Ti]. The van der Waals surface area contributed by atoms with Crippen molar-refractivity contribution < 1.29 is 19.4 Å². The van der Waals surface area contributed by atoms with Crippen LogP contribution in [-0.4, -0.2) is 0 Å². The zero-order valence-corrected chi connectivity index (χ0v) is 13.2. The van der Waals surface area contributed by atoms with E-state index in [-0.39, 0.29) is 0 Å². The number of halogens is 1. The summed E-state index contributed by atoms with van der Waals surface area (Å²) in [5.74, 6) is 0. The average molecular weight is 303 g/mol. The molecule has 0 aliphatic heterocycles. The second-order valence-corrected chi connectivity index (χ2v) is 4.39. The van der Waals surface area contributed by atoms with Crippen LogP contribution in [0.15, 0.2) is 54.1 Å². The number of rotatable bonds is 2. The van der Waals surface area contributed by atoms with E-state index in [4.69, 9.17) is 0 Å². The first-order chi connectivity index (χ1) is 9.38. The van der Waals surface area contributed by atoms with Crippen LogP contribution in [0.3, 0.4) is 0 Å². The fourth-order valence-electron chi connectivity index (χ4n) is 2.37. The number of allylic oxidation sites excluding steroid dienone is 1. The maximum atomic E-state index is 4.64. The van der Waals surface area contributed by atoms with Crippen molar-refractivity contribution in [2.24, 2.45) is 0 Å². The van der Waals surface area contributed by atoms with E-state index in [1.54, 1.807) is 0 Å². The van der Waals surface area contributed by atoms with E-state index in [2.05, 4.69) is 77.3 Å². The van der Waals surface area contributed by atoms with Crippen LogP contribution in [0.4, 0.5) is 0 Å². The molecule has 1 aliphatic rings. The van der Waals surface area contributed by atoms with Crippen LogP contribution in [0.25, 0.3) is 17.2 Å². The molecule has 19 heavy (non-hydrogen) atoms. The molecule has 0 fully saturated rings. The van der Waals surface area contributed by atoms with Gasteiger partial charge in [0.2, 0.25) is 0 Å². The Morgan fingerprint density at radius 1 is 0.947 bits per heavy atom. The number of benzene rings is 2. The molecule has 0 spiro atoms. The topological polar surface area (TPSA) is 0 Å². The molecule has 94 valence electrons. The molecule has 0 saturated heterocycles. The van der Waals surface area contributed by atoms with Gasteiger partial charge in [-0.15, -0.1) is 0 Å². The normalized spacial score (nSPS) is 12.2. The third-order valence-electron chi connectivity index (χ3n) is 3.30. The molecule has 0 atom stereocenters. The van der Waals surface area contributed by atoms with Gasteiger partial charge >= 0.3 is 28.7 Å². The van der Waals surface area contributed by atoms with Gasteiger partial charge in [0.15, 0.2) is 0 Å². The van der Waals surface area contributed by atoms with Crippen molar-refractivity contribution in [2.45, 2.75) is 13.3 Å². The Balaban J connectivity index is 0.000000637. The van der Waals surface area contributed by atoms with E-state index in [0.29, 0.717) is 0 Å². The second kappa shape index (κ2) is 7.10. The van der Waals surface area contributed by atoms with Gasteiger partial charge in [-0.05, 0) is 28.7 Å². The fourth-order valence-corrected chi connectivity index (χ4v) is 2.37. The van der Waals surface area contributed by atoms with Crippen LogP contribution in [0, 0.1) is 6.42 Å². The molecule has 0 N–H and O–H groups in total. The summed E-state index contributed by atoms with van der Waals surface area (Å²) in [6.07, 6.45) is 5.71.